The Labute approximate surface area is 90.3 Å². The van der Waals surface area contributed by atoms with Gasteiger partial charge in [0.05, 0.1) is 12.9 Å². The number of hydrogen-bond donors (Lipinski definition) is 0. The molecule has 0 N–H and O–H groups in total. The van der Waals surface area contributed by atoms with Crippen LogP contribution in [0.25, 0.3) is 0 Å². The van der Waals surface area contributed by atoms with Crippen molar-refractivity contribution in [2.24, 2.45) is 0 Å². The SMILES string of the molecule is CCS(=O)(=O)CCN1CCC1C(=O)OC. The van der Waals surface area contributed by atoms with Gasteiger partial charge >= 0.3 is 5.97 Å². The van der Waals surface area contributed by atoms with Crippen LogP contribution in [0.15, 0.2) is 0 Å². The Morgan fingerprint density at radius 2 is 2.20 bits per heavy atom. The minimum absolute atomic E-state index is 0.122. The van der Waals surface area contributed by atoms with Crippen LogP contribution in [-0.4, -0.2) is 57.0 Å². The van der Waals surface area contributed by atoms with Gasteiger partial charge in [0.25, 0.3) is 0 Å². The predicted molar refractivity (Wildman–Crippen MR) is 56.3 cm³/mol. The summed E-state index contributed by atoms with van der Waals surface area (Å²) in [5, 5.41) is 0. The lowest BCUT2D eigenvalue weighted by atomic mass is 10.0. The van der Waals surface area contributed by atoms with Crippen molar-refractivity contribution in [3.63, 3.8) is 0 Å². The summed E-state index contributed by atoms with van der Waals surface area (Å²) in [5.41, 5.74) is 0. The lowest BCUT2D eigenvalue weighted by molar-refractivity contribution is -0.151. The van der Waals surface area contributed by atoms with E-state index in [0.717, 1.165) is 13.0 Å². The quantitative estimate of drug-likeness (QED) is 0.610. The van der Waals surface area contributed by atoms with E-state index < -0.39 is 9.84 Å². The van der Waals surface area contributed by atoms with E-state index in [4.69, 9.17) is 0 Å². The number of methoxy groups -OCH3 is 1. The number of rotatable bonds is 5. The summed E-state index contributed by atoms with van der Waals surface area (Å²) in [7, 11) is -1.59. The third-order valence-corrected chi connectivity index (χ3v) is 4.42. The summed E-state index contributed by atoms with van der Waals surface area (Å²) in [5.74, 6) is 0.0101. The number of ether oxygens (including phenoxy) is 1. The number of hydrogen-bond acceptors (Lipinski definition) is 5. The van der Waals surface area contributed by atoms with Crippen molar-refractivity contribution >= 4 is 15.8 Å². The third kappa shape index (κ3) is 3.17. The first kappa shape index (κ1) is 12.4. The summed E-state index contributed by atoms with van der Waals surface area (Å²) in [6, 6.07) is -0.234. The number of nitrogens with zero attached hydrogens (tertiary/aromatic N) is 1. The second-order valence-corrected chi connectivity index (χ2v) is 6.07. The Kier molecular flexibility index (Phi) is 4.10. The van der Waals surface area contributed by atoms with Gasteiger partial charge < -0.3 is 4.74 Å². The molecule has 5 nitrogen and oxygen atoms in total. The van der Waals surface area contributed by atoms with Crippen molar-refractivity contribution in [1.29, 1.82) is 0 Å². The van der Waals surface area contributed by atoms with Gasteiger partial charge in [-0.05, 0) is 6.42 Å². The van der Waals surface area contributed by atoms with Crippen LogP contribution in [0.4, 0.5) is 0 Å². The highest BCUT2D eigenvalue weighted by Gasteiger charge is 2.35. The molecule has 1 atom stereocenters. The lowest BCUT2D eigenvalue weighted by Crippen LogP contribution is -2.54. The standard InChI is InChI=1S/C9H17NO4S/c1-3-15(12,13)7-6-10-5-4-8(10)9(11)14-2/h8H,3-7H2,1-2H3. The summed E-state index contributed by atoms with van der Waals surface area (Å²) in [6.45, 7) is 2.83. The smallest absolute Gasteiger partial charge is 0.323 e. The zero-order chi connectivity index (χ0) is 11.5. The second kappa shape index (κ2) is 4.94. The van der Waals surface area contributed by atoms with E-state index in [1.165, 1.54) is 7.11 Å². The monoisotopic (exact) mass is 235 g/mol. The lowest BCUT2D eigenvalue weighted by Gasteiger charge is -2.38. The molecule has 1 unspecified atom stereocenters. The molecule has 0 aromatic carbocycles. The fourth-order valence-electron chi connectivity index (χ4n) is 1.51. The van der Waals surface area contributed by atoms with Crippen molar-refractivity contribution in [2.75, 3.05) is 31.7 Å². The normalized spacial score (nSPS) is 22.1. The Hall–Kier alpha value is -0.620. The first-order valence-corrected chi connectivity index (χ1v) is 6.84. The Morgan fingerprint density at radius 3 is 2.60 bits per heavy atom. The Morgan fingerprint density at radius 1 is 1.53 bits per heavy atom. The molecule has 0 radical (unpaired) electrons. The van der Waals surface area contributed by atoms with E-state index in [-0.39, 0.29) is 23.5 Å². The highest BCUT2D eigenvalue weighted by molar-refractivity contribution is 7.91. The van der Waals surface area contributed by atoms with E-state index in [0.29, 0.717) is 6.54 Å². The summed E-state index contributed by atoms with van der Waals surface area (Å²) in [4.78, 5) is 13.0. The molecule has 0 amide bonds. The number of esters is 1. The van der Waals surface area contributed by atoms with Crippen LogP contribution in [0.3, 0.4) is 0 Å². The van der Waals surface area contributed by atoms with E-state index in [2.05, 4.69) is 4.74 Å². The second-order valence-electron chi connectivity index (χ2n) is 3.60. The molecule has 0 aromatic rings. The molecule has 6 heteroatoms. The number of sulfone groups is 1. The van der Waals surface area contributed by atoms with E-state index in [1.54, 1.807) is 6.92 Å². The van der Waals surface area contributed by atoms with Crippen molar-refractivity contribution in [3.05, 3.63) is 0 Å². The van der Waals surface area contributed by atoms with E-state index in [1.807, 2.05) is 4.90 Å². The molecule has 1 saturated heterocycles. The zero-order valence-electron chi connectivity index (χ0n) is 9.10. The molecule has 1 aliphatic heterocycles. The van der Waals surface area contributed by atoms with Crippen LogP contribution in [0.5, 0.6) is 0 Å². The highest BCUT2D eigenvalue weighted by Crippen LogP contribution is 2.18. The average Bonchev–Trinajstić information content (AvgIpc) is 2.16. The Bertz CT molecular complexity index is 325. The van der Waals surface area contributed by atoms with Gasteiger partial charge in [-0.2, -0.15) is 0 Å². The van der Waals surface area contributed by atoms with Crippen molar-refractivity contribution in [2.45, 2.75) is 19.4 Å². The maximum atomic E-state index is 11.2. The van der Waals surface area contributed by atoms with Crippen molar-refractivity contribution in [1.82, 2.24) is 4.90 Å². The number of likely N-dealkylation sites (tertiary alicyclic amines) is 1. The predicted octanol–water partition coefficient (Wildman–Crippen LogP) is -0.332. The molecular formula is C9H17NO4S. The van der Waals surface area contributed by atoms with E-state index >= 15 is 0 Å². The molecule has 0 aromatic heterocycles. The minimum Gasteiger partial charge on any atom is -0.468 e. The van der Waals surface area contributed by atoms with Crippen LogP contribution in [0.2, 0.25) is 0 Å². The molecule has 0 saturated carbocycles. The van der Waals surface area contributed by atoms with Crippen LogP contribution < -0.4 is 0 Å². The summed E-state index contributed by atoms with van der Waals surface area (Å²) >= 11 is 0. The van der Waals surface area contributed by atoms with Gasteiger partial charge in [-0.15, -0.1) is 0 Å². The molecule has 1 aliphatic rings. The summed E-state index contributed by atoms with van der Waals surface area (Å²) < 4.78 is 27.1. The molecule has 88 valence electrons. The van der Waals surface area contributed by atoms with Gasteiger partial charge in [-0.25, -0.2) is 8.42 Å². The maximum absolute atomic E-state index is 11.2. The van der Waals surface area contributed by atoms with Gasteiger partial charge in [-0.3, -0.25) is 9.69 Å². The Balaban J connectivity index is 2.38. The van der Waals surface area contributed by atoms with Crippen LogP contribution in [-0.2, 0) is 19.4 Å². The van der Waals surface area contributed by atoms with Crippen LogP contribution in [0.1, 0.15) is 13.3 Å². The van der Waals surface area contributed by atoms with Gasteiger partial charge in [0.15, 0.2) is 9.84 Å². The molecule has 0 spiro atoms. The molecule has 1 heterocycles. The average molecular weight is 235 g/mol. The van der Waals surface area contributed by atoms with Gasteiger partial charge in [0, 0.05) is 18.8 Å². The third-order valence-electron chi connectivity index (χ3n) is 2.73. The van der Waals surface area contributed by atoms with Gasteiger partial charge in [0.1, 0.15) is 6.04 Å². The van der Waals surface area contributed by atoms with Gasteiger partial charge in [-0.1, -0.05) is 6.92 Å². The van der Waals surface area contributed by atoms with Crippen molar-refractivity contribution in [3.8, 4) is 0 Å². The zero-order valence-corrected chi connectivity index (χ0v) is 9.92. The molecule has 0 bridgehead atoms. The highest BCUT2D eigenvalue weighted by atomic mass is 32.2. The number of carbonyl (C=O) groups is 1. The van der Waals surface area contributed by atoms with Gasteiger partial charge in [0.2, 0.25) is 0 Å². The van der Waals surface area contributed by atoms with Crippen LogP contribution in [0, 0.1) is 0 Å². The topological polar surface area (TPSA) is 63.7 Å². The molecule has 0 aliphatic carbocycles. The van der Waals surface area contributed by atoms with Crippen molar-refractivity contribution < 1.29 is 17.9 Å². The molecule has 1 fully saturated rings. The molecular weight excluding hydrogens is 218 g/mol. The molecule has 15 heavy (non-hydrogen) atoms. The summed E-state index contributed by atoms with van der Waals surface area (Å²) in [6.07, 6.45) is 0.763. The van der Waals surface area contributed by atoms with E-state index in [9.17, 15) is 13.2 Å². The fraction of sp³-hybridized carbons (Fsp3) is 0.889. The maximum Gasteiger partial charge on any atom is 0.323 e. The first-order valence-electron chi connectivity index (χ1n) is 5.02. The van der Waals surface area contributed by atoms with Crippen LogP contribution >= 0.6 is 0 Å². The first-order chi connectivity index (χ1) is 7.00. The fourth-order valence-corrected chi connectivity index (χ4v) is 2.31. The molecule has 1 rings (SSSR count). The minimum atomic E-state index is -2.94. The number of carbonyl (C=O) groups excluding carboxylic acids is 1. The largest absolute Gasteiger partial charge is 0.468 e.